The Hall–Kier alpha value is -2.98. The Balaban J connectivity index is 2.00. The number of benzene rings is 1. The summed E-state index contributed by atoms with van der Waals surface area (Å²) in [5, 5.41) is 12.0. The van der Waals surface area contributed by atoms with Crippen molar-refractivity contribution in [1.29, 1.82) is 0 Å². The van der Waals surface area contributed by atoms with Crippen LogP contribution in [0, 0.1) is 17.3 Å². The molecule has 1 saturated heterocycles. The van der Waals surface area contributed by atoms with Gasteiger partial charge in [0.15, 0.2) is 6.10 Å². The van der Waals surface area contributed by atoms with Gasteiger partial charge in [-0.15, -0.1) is 0 Å². The van der Waals surface area contributed by atoms with E-state index in [1.165, 1.54) is 20.8 Å². The molecule has 2 aliphatic carbocycles. The van der Waals surface area contributed by atoms with Gasteiger partial charge < -0.3 is 28.8 Å². The maximum atomic E-state index is 13.5. The van der Waals surface area contributed by atoms with Gasteiger partial charge in [-0.25, -0.2) is 4.79 Å². The minimum atomic E-state index is -1.60. The number of aliphatic hydroxyl groups excluding tert-OH is 1. The maximum Gasteiger partial charge on any atom is 0.338 e. The maximum absolute atomic E-state index is 13.5. The monoisotopic (exact) mass is 532 g/mol. The standard InChI is InChI=1S/C28H36O10/c1-15-12-13-20(35-17(3)30)27(14-34-16(2)29)24(37-25(33)19-10-8-7-9-11-19)22(36-18(4)31)21-23(32)28(15,27)38-26(21,5)6/h7-11,15,20-24,32H,12-14H2,1-6H3/t15-,20+,21+,22-,23+,24-,27+,28-/m1/s1. The molecule has 38 heavy (non-hydrogen) atoms. The Kier molecular flexibility index (Phi) is 7.35. The summed E-state index contributed by atoms with van der Waals surface area (Å²) in [4.78, 5) is 50.4. The van der Waals surface area contributed by atoms with E-state index >= 15 is 0 Å². The third kappa shape index (κ3) is 4.27. The van der Waals surface area contributed by atoms with Crippen molar-refractivity contribution < 1.29 is 48.0 Å². The third-order valence-electron chi connectivity index (χ3n) is 8.44. The molecule has 3 aliphatic rings. The summed E-state index contributed by atoms with van der Waals surface area (Å²) < 4.78 is 30.1. The summed E-state index contributed by atoms with van der Waals surface area (Å²) in [6, 6.07) is 8.28. The minimum absolute atomic E-state index is 0.248. The Bertz CT molecular complexity index is 1100. The molecular weight excluding hydrogens is 496 g/mol. The predicted octanol–water partition coefficient (Wildman–Crippen LogP) is 2.59. The van der Waals surface area contributed by atoms with Crippen LogP contribution in [-0.4, -0.2) is 71.2 Å². The molecule has 8 atom stereocenters. The highest BCUT2D eigenvalue weighted by Gasteiger charge is 2.83. The number of carbonyl (C=O) groups is 4. The van der Waals surface area contributed by atoms with Crippen LogP contribution in [0.5, 0.6) is 0 Å². The van der Waals surface area contributed by atoms with Crippen LogP contribution < -0.4 is 0 Å². The van der Waals surface area contributed by atoms with Gasteiger partial charge in [-0.3, -0.25) is 14.4 Å². The van der Waals surface area contributed by atoms with E-state index in [4.69, 9.17) is 23.7 Å². The van der Waals surface area contributed by atoms with Gasteiger partial charge in [0.2, 0.25) is 0 Å². The zero-order chi connectivity index (χ0) is 28.0. The smallest absolute Gasteiger partial charge is 0.338 e. The molecule has 1 N–H and O–H groups in total. The molecule has 1 aromatic carbocycles. The summed E-state index contributed by atoms with van der Waals surface area (Å²) in [5.74, 6) is -3.73. The van der Waals surface area contributed by atoms with E-state index in [0.717, 1.165) is 0 Å². The number of carbonyl (C=O) groups excluding carboxylic acids is 4. The average Bonchev–Trinajstić information content (AvgIpc) is 3.00. The lowest BCUT2D eigenvalue weighted by Gasteiger charge is -2.63. The van der Waals surface area contributed by atoms with Gasteiger partial charge in [-0.05, 0) is 44.7 Å². The first-order valence-corrected chi connectivity index (χ1v) is 12.9. The molecule has 208 valence electrons. The first-order valence-electron chi connectivity index (χ1n) is 12.9. The molecule has 0 amide bonds. The van der Waals surface area contributed by atoms with Crippen molar-refractivity contribution in [3.8, 4) is 0 Å². The van der Waals surface area contributed by atoms with Crippen molar-refractivity contribution in [2.75, 3.05) is 6.61 Å². The first kappa shape index (κ1) is 28.0. The summed E-state index contributed by atoms with van der Waals surface area (Å²) in [6.45, 7) is 8.73. The highest BCUT2D eigenvalue weighted by molar-refractivity contribution is 5.89. The fourth-order valence-electron chi connectivity index (χ4n) is 7.15. The summed E-state index contributed by atoms with van der Waals surface area (Å²) in [5.41, 5.74) is -3.87. The molecule has 0 aromatic heterocycles. The minimum Gasteiger partial charge on any atom is -0.465 e. The van der Waals surface area contributed by atoms with Crippen LogP contribution in [0.3, 0.4) is 0 Å². The fourth-order valence-corrected chi connectivity index (χ4v) is 7.15. The normalized spacial score (nSPS) is 36.9. The zero-order valence-electron chi connectivity index (χ0n) is 22.6. The van der Waals surface area contributed by atoms with E-state index in [-0.39, 0.29) is 11.5 Å². The Morgan fingerprint density at radius 3 is 2.16 bits per heavy atom. The molecule has 1 aliphatic heterocycles. The Labute approximate surface area is 221 Å². The lowest BCUT2D eigenvalue weighted by atomic mass is 9.47. The van der Waals surface area contributed by atoms with E-state index < -0.39 is 77.4 Å². The van der Waals surface area contributed by atoms with Gasteiger partial charge in [0.05, 0.1) is 23.2 Å². The number of fused-ring (bicyclic) bond motifs is 1. The molecule has 10 nitrogen and oxygen atoms in total. The summed E-state index contributed by atoms with van der Waals surface area (Å²) in [7, 11) is 0. The van der Waals surface area contributed by atoms with E-state index in [2.05, 4.69) is 0 Å². The number of ether oxygens (including phenoxy) is 5. The van der Waals surface area contributed by atoms with Crippen LogP contribution in [0.15, 0.2) is 30.3 Å². The number of esters is 4. The SMILES string of the molecule is CC(=O)OC[C@@]12[C@@H](OC(C)=O)CC[C@@H](C)[C@]13OC(C)(C)[C@@H]([C@@H](OC(C)=O)[C@H]2OC(=O)c1ccccc1)[C@@H]3O. The molecule has 1 aromatic rings. The number of rotatable bonds is 6. The second-order valence-corrected chi connectivity index (χ2v) is 11.1. The molecule has 2 saturated carbocycles. The van der Waals surface area contributed by atoms with Gasteiger partial charge in [0.25, 0.3) is 0 Å². The molecule has 1 spiro atoms. The van der Waals surface area contributed by atoms with Gasteiger partial charge in [0.1, 0.15) is 29.8 Å². The Morgan fingerprint density at radius 1 is 0.947 bits per heavy atom. The van der Waals surface area contributed by atoms with Crippen LogP contribution >= 0.6 is 0 Å². The molecule has 2 bridgehead atoms. The van der Waals surface area contributed by atoms with Crippen LogP contribution in [0.2, 0.25) is 0 Å². The van der Waals surface area contributed by atoms with Crippen molar-refractivity contribution in [3.05, 3.63) is 35.9 Å². The number of hydrogen-bond acceptors (Lipinski definition) is 10. The molecular formula is C28H36O10. The number of hydrogen-bond donors (Lipinski definition) is 1. The molecule has 1 heterocycles. The second-order valence-electron chi connectivity index (χ2n) is 11.1. The van der Waals surface area contributed by atoms with Gasteiger partial charge in [-0.1, -0.05) is 25.1 Å². The van der Waals surface area contributed by atoms with Crippen LogP contribution in [0.25, 0.3) is 0 Å². The van der Waals surface area contributed by atoms with Crippen LogP contribution in [-0.2, 0) is 38.1 Å². The predicted molar refractivity (Wildman–Crippen MR) is 132 cm³/mol. The van der Waals surface area contributed by atoms with Gasteiger partial charge in [0, 0.05) is 20.8 Å². The van der Waals surface area contributed by atoms with Crippen molar-refractivity contribution >= 4 is 23.9 Å². The van der Waals surface area contributed by atoms with E-state index in [0.29, 0.717) is 12.8 Å². The lowest BCUT2D eigenvalue weighted by molar-refractivity contribution is -0.312. The highest BCUT2D eigenvalue weighted by atomic mass is 16.6. The molecule has 4 rings (SSSR count). The molecule has 10 heteroatoms. The number of aliphatic hydroxyl groups is 1. The third-order valence-corrected chi connectivity index (χ3v) is 8.44. The van der Waals surface area contributed by atoms with E-state index in [9.17, 15) is 24.3 Å². The van der Waals surface area contributed by atoms with Crippen molar-refractivity contribution in [1.82, 2.24) is 0 Å². The topological polar surface area (TPSA) is 135 Å². The second kappa shape index (κ2) is 9.96. The largest absolute Gasteiger partial charge is 0.465 e. The molecule has 3 fully saturated rings. The lowest BCUT2D eigenvalue weighted by Crippen LogP contribution is -2.78. The molecule has 0 radical (unpaired) electrons. The highest BCUT2D eigenvalue weighted by Crippen LogP contribution is 2.67. The van der Waals surface area contributed by atoms with Gasteiger partial charge in [-0.2, -0.15) is 0 Å². The van der Waals surface area contributed by atoms with Crippen molar-refractivity contribution in [2.24, 2.45) is 17.3 Å². The van der Waals surface area contributed by atoms with E-state index in [1.54, 1.807) is 44.2 Å². The first-order chi connectivity index (χ1) is 17.8. The molecule has 0 unspecified atom stereocenters. The Morgan fingerprint density at radius 2 is 1.58 bits per heavy atom. The van der Waals surface area contributed by atoms with Crippen molar-refractivity contribution in [2.45, 2.75) is 90.0 Å². The zero-order valence-corrected chi connectivity index (χ0v) is 22.6. The van der Waals surface area contributed by atoms with Gasteiger partial charge >= 0.3 is 23.9 Å². The average molecular weight is 533 g/mol. The van der Waals surface area contributed by atoms with Crippen LogP contribution in [0.1, 0.15) is 64.7 Å². The quantitative estimate of drug-likeness (QED) is 0.430. The summed E-state index contributed by atoms with van der Waals surface area (Å²) in [6.07, 6.45) is -3.88. The fraction of sp³-hybridized carbons (Fsp3) is 0.643. The van der Waals surface area contributed by atoms with Crippen molar-refractivity contribution in [3.63, 3.8) is 0 Å². The summed E-state index contributed by atoms with van der Waals surface area (Å²) >= 11 is 0. The van der Waals surface area contributed by atoms with E-state index in [1.807, 2.05) is 6.92 Å². The van der Waals surface area contributed by atoms with Crippen LogP contribution in [0.4, 0.5) is 0 Å².